The molecule has 4 nitrogen and oxygen atoms in total. The third kappa shape index (κ3) is 4.62. The van der Waals surface area contributed by atoms with E-state index in [0.29, 0.717) is 12.2 Å². The van der Waals surface area contributed by atoms with Crippen LogP contribution in [-0.4, -0.2) is 12.5 Å². The molecule has 0 aliphatic carbocycles. The van der Waals surface area contributed by atoms with Crippen LogP contribution >= 0.6 is 0 Å². The Morgan fingerprint density at radius 3 is 2.39 bits per heavy atom. The molecule has 0 fully saturated rings. The van der Waals surface area contributed by atoms with Crippen molar-refractivity contribution in [1.82, 2.24) is 5.43 Å². The first-order chi connectivity index (χ1) is 8.43. The highest BCUT2D eigenvalue weighted by atomic mass is 19.4. The predicted octanol–water partition coefficient (Wildman–Crippen LogP) is 1.85. The number of hydrogen-bond acceptors (Lipinski definition) is 3. The summed E-state index contributed by atoms with van der Waals surface area (Å²) in [7, 11) is 0. The molecule has 0 bridgehead atoms. The molecule has 100 valence electrons. The fourth-order valence-electron chi connectivity index (χ4n) is 1.24. The standard InChI is InChI=1S/C11H13F3N2O2/c12-11(13,14)8-3-5-9(6-4-8)18-7-1-2-10(17)16-15/h3-6H,1-2,7,15H2,(H,16,17). The fourth-order valence-corrected chi connectivity index (χ4v) is 1.24. The van der Waals surface area contributed by atoms with Gasteiger partial charge in [0.2, 0.25) is 5.91 Å². The van der Waals surface area contributed by atoms with Crippen LogP contribution in [0.2, 0.25) is 0 Å². The first-order valence-corrected chi connectivity index (χ1v) is 5.23. The van der Waals surface area contributed by atoms with Crippen LogP contribution in [-0.2, 0) is 11.0 Å². The molecule has 1 rings (SSSR count). The molecule has 1 aromatic carbocycles. The SMILES string of the molecule is NNC(=O)CCCOc1ccc(C(F)(F)F)cc1. The number of alkyl halides is 3. The van der Waals surface area contributed by atoms with Gasteiger partial charge in [0, 0.05) is 6.42 Å². The Balaban J connectivity index is 2.38. The lowest BCUT2D eigenvalue weighted by Crippen LogP contribution is -2.29. The van der Waals surface area contributed by atoms with E-state index in [4.69, 9.17) is 10.6 Å². The number of benzene rings is 1. The number of nitrogens with one attached hydrogen (secondary N) is 1. The van der Waals surface area contributed by atoms with Crippen LogP contribution in [0.3, 0.4) is 0 Å². The van der Waals surface area contributed by atoms with Gasteiger partial charge in [-0.1, -0.05) is 0 Å². The molecular weight excluding hydrogens is 249 g/mol. The lowest BCUT2D eigenvalue weighted by Gasteiger charge is -2.09. The maximum absolute atomic E-state index is 12.3. The monoisotopic (exact) mass is 262 g/mol. The Hall–Kier alpha value is -1.76. The molecule has 0 spiro atoms. The van der Waals surface area contributed by atoms with Crippen molar-refractivity contribution in [2.75, 3.05) is 6.61 Å². The predicted molar refractivity (Wildman–Crippen MR) is 58.5 cm³/mol. The molecule has 0 aliphatic heterocycles. The van der Waals surface area contributed by atoms with E-state index in [1.807, 2.05) is 5.43 Å². The van der Waals surface area contributed by atoms with Crippen LogP contribution in [0.15, 0.2) is 24.3 Å². The number of carbonyl (C=O) groups excluding carboxylic acids is 1. The van der Waals surface area contributed by atoms with Crippen molar-refractivity contribution in [3.8, 4) is 5.75 Å². The second-order valence-corrected chi connectivity index (χ2v) is 3.54. The zero-order valence-corrected chi connectivity index (χ0v) is 9.46. The lowest BCUT2D eigenvalue weighted by molar-refractivity contribution is -0.137. The van der Waals surface area contributed by atoms with Crippen molar-refractivity contribution in [2.24, 2.45) is 5.84 Å². The number of hydrazine groups is 1. The molecule has 7 heteroatoms. The van der Waals surface area contributed by atoms with E-state index in [0.717, 1.165) is 12.1 Å². The van der Waals surface area contributed by atoms with Gasteiger partial charge >= 0.3 is 6.18 Å². The normalized spacial score (nSPS) is 11.1. The summed E-state index contributed by atoms with van der Waals surface area (Å²) in [6.45, 7) is 0.235. The van der Waals surface area contributed by atoms with Gasteiger partial charge in [-0.15, -0.1) is 0 Å². The van der Waals surface area contributed by atoms with Gasteiger partial charge in [-0.2, -0.15) is 13.2 Å². The second kappa shape index (κ2) is 6.25. The maximum Gasteiger partial charge on any atom is 0.416 e. The highest BCUT2D eigenvalue weighted by Crippen LogP contribution is 2.30. The molecule has 1 aromatic rings. The molecule has 0 aromatic heterocycles. The smallest absolute Gasteiger partial charge is 0.416 e. The highest BCUT2D eigenvalue weighted by Gasteiger charge is 2.29. The van der Waals surface area contributed by atoms with Gasteiger partial charge in [-0.05, 0) is 30.7 Å². The fraction of sp³-hybridized carbons (Fsp3) is 0.364. The van der Waals surface area contributed by atoms with Gasteiger partial charge < -0.3 is 4.74 Å². The number of carbonyl (C=O) groups is 1. The van der Waals surface area contributed by atoms with Crippen molar-refractivity contribution >= 4 is 5.91 Å². The summed E-state index contributed by atoms with van der Waals surface area (Å²) in [5, 5.41) is 0. The van der Waals surface area contributed by atoms with E-state index in [1.165, 1.54) is 12.1 Å². The Morgan fingerprint density at radius 2 is 1.89 bits per heavy atom. The highest BCUT2D eigenvalue weighted by molar-refractivity contribution is 5.75. The van der Waals surface area contributed by atoms with Crippen LogP contribution in [0.25, 0.3) is 0 Å². The van der Waals surface area contributed by atoms with Gasteiger partial charge in [-0.3, -0.25) is 10.2 Å². The first kappa shape index (κ1) is 14.3. The number of rotatable bonds is 5. The number of amides is 1. The van der Waals surface area contributed by atoms with Gasteiger partial charge in [0.1, 0.15) is 5.75 Å². The van der Waals surface area contributed by atoms with Crippen LogP contribution in [0.4, 0.5) is 13.2 Å². The van der Waals surface area contributed by atoms with E-state index in [2.05, 4.69) is 0 Å². The minimum Gasteiger partial charge on any atom is -0.494 e. The van der Waals surface area contributed by atoms with Crippen molar-refractivity contribution in [3.63, 3.8) is 0 Å². The second-order valence-electron chi connectivity index (χ2n) is 3.54. The van der Waals surface area contributed by atoms with Crippen molar-refractivity contribution in [3.05, 3.63) is 29.8 Å². The summed E-state index contributed by atoms with van der Waals surface area (Å²) in [4.78, 5) is 10.8. The van der Waals surface area contributed by atoms with E-state index < -0.39 is 11.7 Å². The molecule has 0 unspecified atom stereocenters. The molecule has 3 N–H and O–H groups in total. The van der Waals surface area contributed by atoms with Crippen molar-refractivity contribution in [2.45, 2.75) is 19.0 Å². The molecule has 0 aliphatic rings. The Labute approximate surface area is 102 Å². The summed E-state index contributed by atoms with van der Waals surface area (Å²) >= 11 is 0. The Bertz CT molecular complexity index is 390. The quantitative estimate of drug-likeness (QED) is 0.368. The van der Waals surface area contributed by atoms with Gasteiger partial charge in [-0.25, -0.2) is 5.84 Å². The summed E-state index contributed by atoms with van der Waals surface area (Å²) in [6.07, 6.45) is -3.71. The Morgan fingerprint density at radius 1 is 1.28 bits per heavy atom. The van der Waals surface area contributed by atoms with Gasteiger partial charge in [0.25, 0.3) is 0 Å². The third-order valence-corrected chi connectivity index (χ3v) is 2.16. The molecule has 0 radical (unpaired) electrons. The molecule has 0 saturated carbocycles. The summed E-state index contributed by atoms with van der Waals surface area (Å²) in [6, 6.07) is 4.38. The molecule has 0 saturated heterocycles. The topological polar surface area (TPSA) is 64.3 Å². The number of nitrogens with two attached hydrogens (primary N) is 1. The zero-order chi connectivity index (χ0) is 13.6. The van der Waals surface area contributed by atoms with E-state index in [9.17, 15) is 18.0 Å². The summed E-state index contributed by atoms with van der Waals surface area (Å²) in [5.41, 5.74) is 1.24. The largest absolute Gasteiger partial charge is 0.494 e. The Kier molecular flexibility index (Phi) is 4.96. The van der Waals surface area contributed by atoms with Gasteiger partial charge in [0.05, 0.1) is 12.2 Å². The van der Waals surface area contributed by atoms with E-state index in [1.54, 1.807) is 0 Å². The molecule has 0 heterocycles. The summed E-state index contributed by atoms with van der Waals surface area (Å²) < 4.78 is 42.0. The number of halogens is 3. The molecular formula is C11H13F3N2O2. The third-order valence-electron chi connectivity index (χ3n) is 2.16. The van der Waals surface area contributed by atoms with Crippen LogP contribution in [0, 0.1) is 0 Å². The number of ether oxygens (including phenoxy) is 1. The average molecular weight is 262 g/mol. The van der Waals surface area contributed by atoms with Crippen molar-refractivity contribution < 1.29 is 22.7 Å². The summed E-state index contributed by atoms with van der Waals surface area (Å²) in [5.74, 6) is 4.89. The minimum absolute atomic E-state index is 0.205. The van der Waals surface area contributed by atoms with Crippen LogP contribution in [0.1, 0.15) is 18.4 Å². The van der Waals surface area contributed by atoms with E-state index in [-0.39, 0.29) is 18.9 Å². The van der Waals surface area contributed by atoms with E-state index >= 15 is 0 Å². The van der Waals surface area contributed by atoms with Gasteiger partial charge in [0.15, 0.2) is 0 Å². The average Bonchev–Trinajstić information content (AvgIpc) is 2.33. The number of hydrogen-bond donors (Lipinski definition) is 2. The molecule has 18 heavy (non-hydrogen) atoms. The molecule has 1 amide bonds. The lowest BCUT2D eigenvalue weighted by atomic mass is 10.2. The first-order valence-electron chi connectivity index (χ1n) is 5.23. The van der Waals surface area contributed by atoms with Crippen LogP contribution < -0.4 is 16.0 Å². The van der Waals surface area contributed by atoms with Crippen molar-refractivity contribution in [1.29, 1.82) is 0 Å². The zero-order valence-electron chi connectivity index (χ0n) is 9.46. The minimum atomic E-state index is -4.35. The molecule has 0 atom stereocenters. The maximum atomic E-state index is 12.3. The van der Waals surface area contributed by atoms with Crippen LogP contribution in [0.5, 0.6) is 5.75 Å².